The van der Waals surface area contributed by atoms with E-state index in [1.807, 2.05) is 5.51 Å². The molecule has 1 aliphatic rings. The molecular weight excluding hydrogens is 242 g/mol. The third kappa shape index (κ3) is 3.77. The van der Waals surface area contributed by atoms with Crippen molar-refractivity contribution in [3.05, 3.63) is 16.6 Å². The van der Waals surface area contributed by atoms with Crippen molar-refractivity contribution in [1.29, 1.82) is 0 Å². The number of rotatable bonds is 6. The molecule has 1 N–H and O–H groups in total. The lowest BCUT2D eigenvalue weighted by Crippen LogP contribution is -2.56. The van der Waals surface area contributed by atoms with Crippen LogP contribution in [0.5, 0.6) is 0 Å². The molecule has 2 unspecified atom stereocenters. The Labute approximate surface area is 115 Å². The van der Waals surface area contributed by atoms with Crippen LogP contribution in [0.25, 0.3) is 0 Å². The summed E-state index contributed by atoms with van der Waals surface area (Å²) in [7, 11) is 0. The first-order valence-corrected chi connectivity index (χ1v) is 8.12. The SMILES string of the molecule is CCCC1CN(CCc2cscn2)C(CC)CN1. The summed E-state index contributed by atoms with van der Waals surface area (Å²) in [5.74, 6) is 0. The van der Waals surface area contributed by atoms with Crippen molar-refractivity contribution in [3.8, 4) is 0 Å². The Balaban J connectivity index is 1.85. The normalized spacial score (nSPS) is 25.4. The van der Waals surface area contributed by atoms with Gasteiger partial charge in [0.05, 0.1) is 11.2 Å². The molecule has 102 valence electrons. The highest BCUT2D eigenvalue weighted by Crippen LogP contribution is 2.14. The van der Waals surface area contributed by atoms with Crippen LogP contribution in [0.3, 0.4) is 0 Å². The smallest absolute Gasteiger partial charge is 0.0794 e. The van der Waals surface area contributed by atoms with Gasteiger partial charge in [0, 0.05) is 43.5 Å². The van der Waals surface area contributed by atoms with Crippen LogP contribution >= 0.6 is 11.3 Å². The Hall–Kier alpha value is -0.450. The number of hydrogen-bond acceptors (Lipinski definition) is 4. The lowest BCUT2D eigenvalue weighted by molar-refractivity contribution is 0.124. The summed E-state index contributed by atoms with van der Waals surface area (Å²) < 4.78 is 0. The van der Waals surface area contributed by atoms with Gasteiger partial charge in [-0.3, -0.25) is 4.90 Å². The van der Waals surface area contributed by atoms with Crippen molar-refractivity contribution in [3.63, 3.8) is 0 Å². The zero-order chi connectivity index (χ0) is 12.8. The maximum atomic E-state index is 4.38. The fourth-order valence-corrected chi connectivity index (χ4v) is 3.36. The van der Waals surface area contributed by atoms with Crippen LogP contribution < -0.4 is 5.32 Å². The van der Waals surface area contributed by atoms with Crippen molar-refractivity contribution < 1.29 is 0 Å². The molecule has 2 heterocycles. The molecule has 1 saturated heterocycles. The Morgan fingerprint density at radius 1 is 1.50 bits per heavy atom. The topological polar surface area (TPSA) is 28.2 Å². The number of piperazine rings is 1. The van der Waals surface area contributed by atoms with E-state index in [1.165, 1.54) is 31.5 Å². The van der Waals surface area contributed by atoms with Gasteiger partial charge < -0.3 is 5.32 Å². The van der Waals surface area contributed by atoms with Gasteiger partial charge in [-0.2, -0.15) is 0 Å². The number of thiazole rings is 1. The highest BCUT2D eigenvalue weighted by molar-refractivity contribution is 7.07. The molecule has 0 spiro atoms. The van der Waals surface area contributed by atoms with E-state index in [4.69, 9.17) is 0 Å². The van der Waals surface area contributed by atoms with E-state index in [9.17, 15) is 0 Å². The second-order valence-electron chi connectivity index (χ2n) is 5.18. The zero-order valence-corrected chi connectivity index (χ0v) is 12.4. The van der Waals surface area contributed by atoms with Crippen molar-refractivity contribution in [2.75, 3.05) is 19.6 Å². The van der Waals surface area contributed by atoms with Crippen LogP contribution in [0.2, 0.25) is 0 Å². The maximum absolute atomic E-state index is 4.38. The Bertz CT molecular complexity index is 326. The first kappa shape index (κ1) is 14.0. The minimum Gasteiger partial charge on any atom is -0.311 e. The lowest BCUT2D eigenvalue weighted by atomic mass is 10.0. The van der Waals surface area contributed by atoms with Gasteiger partial charge >= 0.3 is 0 Å². The highest BCUT2D eigenvalue weighted by atomic mass is 32.1. The first-order chi connectivity index (χ1) is 8.83. The molecule has 0 saturated carbocycles. The second-order valence-corrected chi connectivity index (χ2v) is 5.90. The summed E-state index contributed by atoms with van der Waals surface area (Å²) in [6, 6.07) is 1.39. The molecule has 2 rings (SSSR count). The number of hydrogen-bond donors (Lipinski definition) is 1. The fourth-order valence-electron chi connectivity index (χ4n) is 2.77. The van der Waals surface area contributed by atoms with Gasteiger partial charge in [0.1, 0.15) is 0 Å². The van der Waals surface area contributed by atoms with Gasteiger partial charge in [-0.1, -0.05) is 20.3 Å². The van der Waals surface area contributed by atoms with Crippen LogP contribution in [-0.4, -0.2) is 41.6 Å². The number of aromatic nitrogens is 1. The largest absolute Gasteiger partial charge is 0.311 e. The number of nitrogens with one attached hydrogen (secondary N) is 1. The van der Waals surface area contributed by atoms with E-state index >= 15 is 0 Å². The fraction of sp³-hybridized carbons (Fsp3) is 0.786. The van der Waals surface area contributed by atoms with Crippen LogP contribution in [0.15, 0.2) is 10.9 Å². The molecule has 0 aliphatic carbocycles. The molecule has 4 heteroatoms. The lowest BCUT2D eigenvalue weighted by Gasteiger charge is -2.40. The molecule has 1 fully saturated rings. The van der Waals surface area contributed by atoms with Crippen molar-refractivity contribution >= 4 is 11.3 Å². The zero-order valence-electron chi connectivity index (χ0n) is 11.6. The summed E-state index contributed by atoms with van der Waals surface area (Å²) in [6.07, 6.45) is 4.90. The van der Waals surface area contributed by atoms with E-state index in [1.54, 1.807) is 11.3 Å². The van der Waals surface area contributed by atoms with Crippen LogP contribution in [-0.2, 0) is 6.42 Å². The third-order valence-electron chi connectivity index (χ3n) is 3.86. The van der Waals surface area contributed by atoms with Crippen molar-refractivity contribution in [1.82, 2.24) is 15.2 Å². The van der Waals surface area contributed by atoms with E-state index in [0.29, 0.717) is 12.1 Å². The summed E-state index contributed by atoms with van der Waals surface area (Å²) in [6.45, 7) is 8.08. The minimum absolute atomic E-state index is 0.688. The Morgan fingerprint density at radius 2 is 2.39 bits per heavy atom. The predicted octanol–water partition coefficient (Wildman–Crippen LogP) is 2.54. The average Bonchev–Trinajstić information content (AvgIpc) is 2.90. The minimum atomic E-state index is 0.688. The molecule has 1 aromatic rings. The van der Waals surface area contributed by atoms with E-state index in [2.05, 4.69) is 34.4 Å². The summed E-state index contributed by atoms with van der Waals surface area (Å²) in [5.41, 5.74) is 3.19. The van der Waals surface area contributed by atoms with Crippen LogP contribution in [0, 0.1) is 0 Å². The average molecular weight is 267 g/mol. The van der Waals surface area contributed by atoms with Gasteiger partial charge in [0.15, 0.2) is 0 Å². The monoisotopic (exact) mass is 267 g/mol. The van der Waals surface area contributed by atoms with Gasteiger partial charge in [-0.05, 0) is 12.8 Å². The molecule has 2 atom stereocenters. The van der Waals surface area contributed by atoms with Gasteiger partial charge in [0.25, 0.3) is 0 Å². The molecule has 1 aliphatic heterocycles. The molecule has 18 heavy (non-hydrogen) atoms. The Kier molecular flexibility index (Phi) is 5.60. The molecule has 3 nitrogen and oxygen atoms in total. The van der Waals surface area contributed by atoms with Crippen LogP contribution in [0.1, 0.15) is 38.8 Å². The molecule has 0 aromatic carbocycles. The van der Waals surface area contributed by atoms with E-state index in [-0.39, 0.29) is 0 Å². The molecular formula is C14H25N3S. The quantitative estimate of drug-likeness (QED) is 0.858. The first-order valence-electron chi connectivity index (χ1n) is 7.18. The molecule has 0 bridgehead atoms. The van der Waals surface area contributed by atoms with Crippen molar-refractivity contribution in [2.45, 2.75) is 51.6 Å². The third-order valence-corrected chi connectivity index (χ3v) is 4.50. The van der Waals surface area contributed by atoms with Gasteiger partial charge in [-0.15, -0.1) is 11.3 Å². The molecule has 0 amide bonds. The highest BCUT2D eigenvalue weighted by Gasteiger charge is 2.25. The predicted molar refractivity (Wildman–Crippen MR) is 78.2 cm³/mol. The van der Waals surface area contributed by atoms with Crippen LogP contribution in [0.4, 0.5) is 0 Å². The Morgan fingerprint density at radius 3 is 3.06 bits per heavy atom. The van der Waals surface area contributed by atoms with E-state index in [0.717, 1.165) is 19.5 Å². The summed E-state index contributed by atoms with van der Waals surface area (Å²) in [4.78, 5) is 7.05. The van der Waals surface area contributed by atoms with E-state index < -0.39 is 0 Å². The second kappa shape index (κ2) is 7.22. The summed E-state index contributed by atoms with van der Waals surface area (Å²) >= 11 is 1.70. The maximum Gasteiger partial charge on any atom is 0.0794 e. The summed E-state index contributed by atoms with van der Waals surface area (Å²) in [5, 5.41) is 5.86. The number of nitrogens with zero attached hydrogens (tertiary/aromatic N) is 2. The van der Waals surface area contributed by atoms with Gasteiger partial charge in [0.2, 0.25) is 0 Å². The molecule has 0 radical (unpaired) electrons. The standard InChI is InChI=1S/C14H25N3S/c1-3-5-12-9-17(14(4-2)8-15-12)7-6-13-10-18-11-16-13/h10-12,14-15H,3-9H2,1-2H3. The van der Waals surface area contributed by atoms with Gasteiger partial charge in [-0.25, -0.2) is 4.98 Å². The van der Waals surface area contributed by atoms with Crippen molar-refractivity contribution in [2.24, 2.45) is 0 Å². The molecule has 1 aromatic heterocycles.